The van der Waals surface area contributed by atoms with E-state index in [9.17, 15) is 13.6 Å². The fourth-order valence-corrected chi connectivity index (χ4v) is 3.22. The molecule has 146 valence electrons. The van der Waals surface area contributed by atoms with Gasteiger partial charge in [0.2, 0.25) is 5.91 Å². The van der Waals surface area contributed by atoms with Crippen molar-refractivity contribution in [2.75, 3.05) is 19.7 Å². The Balaban J connectivity index is 1.87. The second-order valence-electron chi connectivity index (χ2n) is 6.66. The van der Waals surface area contributed by atoms with Gasteiger partial charge in [-0.15, -0.1) is 0 Å². The predicted molar refractivity (Wildman–Crippen MR) is 95.5 cm³/mol. The van der Waals surface area contributed by atoms with Crippen LogP contribution in [0.3, 0.4) is 0 Å². The lowest BCUT2D eigenvalue weighted by molar-refractivity contribution is -0.122. The van der Waals surface area contributed by atoms with Crippen molar-refractivity contribution in [1.82, 2.24) is 10.6 Å². The van der Waals surface area contributed by atoms with Gasteiger partial charge in [0.25, 0.3) is 0 Å². The molecular formula is C19H28F2N2O3. The second-order valence-corrected chi connectivity index (χ2v) is 6.66. The Hall–Kier alpha value is -1.89. The Bertz CT molecular complexity index is 578. The quantitative estimate of drug-likeness (QED) is 0.700. The zero-order chi connectivity index (χ0) is 18.9. The van der Waals surface area contributed by atoms with Gasteiger partial charge in [-0.25, -0.2) is 0 Å². The molecule has 0 saturated carbocycles. The van der Waals surface area contributed by atoms with Crippen LogP contribution in [0.2, 0.25) is 0 Å². The zero-order valence-corrected chi connectivity index (χ0v) is 15.4. The molecule has 0 aliphatic carbocycles. The number of benzene rings is 1. The zero-order valence-electron chi connectivity index (χ0n) is 15.4. The first-order valence-corrected chi connectivity index (χ1v) is 9.17. The van der Waals surface area contributed by atoms with E-state index in [0.717, 1.165) is 31.5 Å². The molecular weight excluding hydrogens is 342 g/mol. The Kier molecular flexibility index (Phi) is 8.09. The van der Waals surface area contributed by atoms with Crippen molar-refractivity contribution in [3.8, 4) is 11.5 Å². The highest BCUT2D eigenvalue weighted by atomic mass is 19.3. The number of amides is 1. The molecule has 0 radical (unpaired) electrons. The van der Waals surface area contributed by atoms with Crippen LogP contribution in [0.1, 0.15) is 38.7 Å². The maximum absolute atomic E-state index is 12.4. The van der Waals surface area contributed by atoms with Crippen LogP contribution in [-0.4, -0.2) is 32.2 Å². The molecule has 1 aliphatic heterocycles. The monoisotopic (exact) mass is 370 g/mol. The minimum absolute atomic E-state index is 0.00431. The van der Waals surface area contributed by atoms with E-state index in [-0.39, 0.29) is 17.4 Å². The van der Waals surface area contributed by atoms with E-state index in [1.807, 2.05) is 0 Å². The highest BCUT2D eigenvalue weighted by Crippen LogP contribution is 2.30. The topological polar surface area (TPSA) is 59.6 Å². The summed E-state index contributed by atoms with van der Waals surface area (Å²) in [7, 11) is 0. The molecule has 2 N–H and O–H groups in total. The van der Waals surface area contributed by atoms with Gasteiger partial charge in [-0.05, 0) is 62.4 Å². The van der Waals surface area contributed by atoms with Crippen molar-refractivity contribution < 1.29 is 23.0 Å². The first-order valence-electron chi connectivity index (χ1n) is 9.17. The van der Waals surface area contributed by atoms with Gasteiger partial charge in [-0.1, -0.05) is 13.0 Å². The highest BCUT2D eigenvalue weighted by Gasteiger charge is 2.22. The van der Waals surface area contributed by atoms with Gasteiger partial charge in [0.05, 0.1) is 6.61 Å². The molecule has 1 heterocycles. The molecule has 2 rings (SSSR count). The Morgan fingerprint density at radius 3 is 2.85 bits per heavy atom. The van der Waals surface area contributed by atoms with Crippen molar-refractivity contribution in [1.29, 1.82) is 0 Å². The summed E-state index contributed by atoms with van der Waals surface area (Å²) in [6.07, 6.45) is 2.80. The number of halogens is 2. The molecule has 7 heteroatoms. The summed E-state index contributed by atoms with van der Waals surface area (Å²) in [6.45, 7) is 3.66. The molecule has 0 spiro atoms. The predicted octanol–water partition coefficient (Wildman–Crippen LogP) is 3.33. The SMILES string of the molecule is CCOc1cc(CNC(=O)CC(C)C2CCCNC2)ccc1OC(F)F. The van der Waals surface area contributed by atoms with Crippen LogP contribution >= 0.6 is 0 Å². The Labute approximate surface area is 153 Å². The number of hydrogen-bond donors (Lipinski definition) is 2. The smallest absolute Gasteiger partial charge is 0.387 e. The second kappa shape index (κ2) is 10.3. The number of alkyl halides is 2. The molecule has 1 amide bonds. The standard InChI is InChI=1S/C19H28F2N2O3/c1-3-25-17-10-14(6-7-16(17)26-19(20)21)11-23-18(24)9-13(2)15-5-4-8-22-12-15/h6-7,10,13,15,19,22H,3-5,8-9,11-12H2,1-2H3,(H,23,24). The first kappa shape index (κ1) is 20.4. The fourth-order valence-electron chi connectivity index (χ4n) is 3.22. The molecule has 0 aromatic heterocycles. The number of carbonyl (C=O) groups is 1. The fraction of sp³-hybridized carbons (Fsp3) is 0.632. The van der Waals surface area contributed by atoms with E-state index in [4.69, 9.17) is 4.74 Å². The van der Waals surface area contributed by atoms with Crippen molar-refractivity contribution >= 4 is 5.91 Å². The maximum Gasteiger partial charge on any atom is 0.387 e. The van der Waals surface area contributed by atoms with Gasteiger partial charge in [0.1, 0.15) is 0 Å². The van der Waals surface area contributed by atoms with Crippen LogP contribution in [0.5, 0.6) is 11.5 Å². The van der Waals surface area contributed by atoms with Crippen LogP contribution in [-0.2, 0) is 11.3 Å². The third-order valence-electron chi connectivity index (χ3n) is 4.66. The summed E-state index contributed by atoms with van der Waals surface area (Å²) in [5.74, 6) is 1.10. The molecule has 5 nitrogen and oxygen atoms in total. The number of rotatable bonds is 9. The summed E-state index contributed by atoms with van der Waals surface area (Å²) in [4.78, 5) is 12.2. The van der Waals surface area contributed by atoms with Gasteiger partial charge in [-0.3, -0.25) is 4.79 Å². The lowest BCUT2D eigenvalue weighted by Crippen LogP contribution is -2.35. The Morgan fingerprint density at radius 1 is 1.38 bits per heavy atom. The third-order valence-corrected chi connectivity index (χ3v) is 4.66. The molecule has 26 heavy (non-hydrogen) atoms. The van der Waals surface area contributed by atoms with Crippen molar-refractivity contribution in [3.63, 3.8) is 0 Å². The number of ether oxygens (including phenoxy) is 2. The normalized spacial score (nSPS) is 18.4. The van der Waals surface area contributed by atoms with Crippen molar-refractivity contribution in [2.24, 2.45) is 11.8 Å². The van der Waals surface area contributed by atoms with E-state index in [1.165, 1.54) is 6.07 Å². The largest absolute Gasteiger partial charge is 0.490 e. The van der Waals surface area contributed by atoms with Crippen LogP contribution in [0, 0.1) is 11.8 Å². The lowest BCUT2D eigenvalue weighted by atomic mass is 9.85. The summed E-state index contributed by atoms with van der Waals surface area (Å²) >= 11 is 0. The summed E-state index contributed by atoms with van der Waals surface area (Å²) in [5, 5.41) is 6.27. The van der Waals surface area contributed by atoms with Crippen molar-refractivity contribution in [2.45, 2.75) is 46.3 Å². The number of hydrogen-bond acceptors (Lipinski definition) is 4. The maximum atomic E-state index is 12.4. The first-order chi connectivity index (χ1) is 12.5. The summed E-state index contributed by atoms with van der Waals surface area (Å²) in [5.41, 5.74) is 0.774. The van der Waals surface area contributed by atoms with Gasteiger partial charge >= 0.3 is 6.61 Å². The molecule has 2 atom stereocenters. The van der Waals surface area contributed by atoms with Gasteiger partial charge in [0.15, 0.2) is 11.5 Å². The van der Waals surface area contributed by atoms with Crippen LogP contribution in [0.4, 0.5) is 8.78 Å². The van der Waals surface area contributed by atoms with E-state index >= 15 is 0 Å². The number of carbonyl (C=O) groups excluding carboxylic acids is 1. The molecule has 1 aromatic carbocycles. The van der Waals surface area contributed by atoms with E-state index in [1.54, 1.807) is 19.1 Å². The van der Waals surface area contributed by atoms with Crippen molar-refractivity contribution in [3.05, 3.63) is 23.8 Å². The van der Waals surface area contributed by atoms with Crippen LogP contribution in [0.25, 0.3) is 0 Å². The van der Waals surface area contributed by atoms with Gasteiger partial charge < -0.3 is 20.1 Å². The molecule has 2 unspecified atom stereocenters. The van der Waals surface area contributed by atoms with E-state index in [2.05, 4.69) is 22.3 Å². The number of nitrogens with one attached hydrogen (secondary N) is 2. The molecule has 1 saturated heterocycles. The molecule has 1 fully saturated rings. The van der Waals surface area contributed by atoms with E-state index < -0.39 is 6.61 Å². The molecule has 1 aromatic rings. The van der Waals surface area contributed by atoms with Crippen LogP contribution in [0.15, 0.2) is 18.2 Å². The number of piperidine rings is 1. The lowest BCUT2D eigenvalue weighted by Gasteiger charge is -2.28. The van der Waals surface area contributed by atoms with E-state index in [0.29, 0.717) is 31.4 Å². The molecule has 1 aliphatic rings. The van der Waals surface area contributed by atoms with Crippen LogP contribution < -0.4 is 20.1 Å². The van der Waals surface area contributed by atoms with Gasteiger partial charge in [0, 0.05) is 13.0 Å². The van der Waals surface area contributed by atoms with Gasteiger partial charge in [-0.2, -0.15) is 8.78 Å². The summed E-state index contributed by atoms with van der Waals surface area (Å²) < 4.78 is 34.7. The average Bonchev–Trinajstić information content (AvgIpc) is 2.62. The Morgan fingerprint density at radius 2 is 2.19 bits per heavy atom. The average molecular weight is 370 g/mol. The minimum atomic E-state index is -2.91. The summed E-state index contributed by atoms with van der Waals surface area (Å²) in [6, 6.07) is 4.71. The molecule has 0 bridgehead atoms. The third kappa shape index (κ3) is 6.44. The minimum Gasteiger partial charge on any atom is -0.490 e. The highest BCUT2D eigenvalue weighted by molar-refractivity contribution is 5.76.